The monoisotopic (exact) mass is 223 g/mol. The van der Waals surface area contributed by atoms with Crippen LogP contribution in [0.5, 0.6) is 5.88 Å². The minimum absolute atomic E-state index is 0.172. The van der Waals surface area contributed by atoms with Crippen LogP contribution in [0.2, 0.25) is 0 Å². The molecule has 4 nitrogen and oxygen atoms in total. The van der Waals surface area contributed by atoms with E-state index in [1.165, 1.54) is 0 Å². The standard InChI is InChI=1S/C12H21N3O/c1-6-16-10-7-8-13-11(15-10)14-9(2)12(3,4)5/h7-9H,6H2,1-5H3,(H,13,14,15). The third-order valence-electron chi connectivity index (χ3n) is 2.57. The van der Waals surface area contributed by atoms with Crippen LogP contribution >= 0.6 is 0 Å². The third kappa shape index (κ3) is 3.68. The summed E-state index contributed by atoms with van der Waals surface area (Å²) >= 11 is 0. The molecule has 1 aromatic rings. The number of nitrogens with one attached hydrogen (secondary N) is 1. The highest BCUT2D eigenvalue weighted by atomic mass is 16.5. The van der Waals surface area contributed by atoms with Crippen molar-refractivity contribution in [1.29, 1.82) is 0 Å². The summed E-state index contributed by atoms with van der Waals surface area (Å²) in [5.74, 6) is 1.23. The highest BCUT2D eigenvalue weighted by molar-refractivity contribution is 5.29. The van der Waals surface area contributed by atoms with Gasteiger partial charge in [-0.15, -0.1) is 0 Å². The first kappa shape index (κ1) is 12.7. The molecule has 0 saturated carbocycles. The number of ether oxygens (including phenoxy) is 1. The first-order valence-electron chi connectivity index (χ1n) is 5.66. The SMILES string of the molecule is CCOc1ccnc(NC(C)C(C)(C)C)n1. The summed E-state index contributed by atoms with van der Waals surface area (Å²) in [6.45, 7) is 11.2. The van der Waals surface area contributed by atoms with E-state index in [9.17, 15) is 0 Å². The molecule has 1 N–H and O–H groups in total. The van der Waals surface area contributed by atoms with E-state index in [0.29, 0.717) is 24.5 Å². The molecule has 1 atom stereocenters. The maximum absolute atomic E-state index is 5.32. The second-order valence-electron chi connectivity index (χ2n) is 4.88. The van der Waals surface area contributed by atoms with Crippen molar-refractivity contribution in [1.82, 2.24) is 9.97 Å². The van der Waals surface area contributed by atoms with E-state index in [2.05, 4.69) is 43.0 Å². The van der Waals surface area contributed by atoms with Gasteiger partial charge in [0.2, 0.25) is 11.8 Å². The van der Waals surface area contributed by atoms with Crippen molar-refractivity contribution in [2.24, 2.45) is 5.41 Å². The quantitative estimate of drug-likeness (QED) is 0.852. The van der Waals surface area contributed by atoms with Crippen molar-refractivity contribution in [2.75, 3.05) is 11.9 Å². The predicted octanol–water partition coefficient (Wildman–Crippen LogP) is 2.72. The average Bonchev–Trinajstić information content (AvgIpc) is 2.17. The molecule has 0 bridgehead atoms. The lowest BCUT2D eigenvalue weighted by molar-refractivity contribution is 0.325. The molecule has 0 aliphatic rings. The van der Waals surface area contributed by atoms with E-state index >= 15 is 0 Å². The topological polar surface area (TPSA) is 47.0 Å². The van der Waals surface area contributed by atoms with Gasteiger partial charge >= 0.3 is 0 Å². The molecule has 1 rings (SSSR count). The van der Waals surface area contributed by atoms with E-state index in [4.69, 9.17) is 4.74 Å². The molecular formula is C12H21N3O. The van der Waals surface area contributed by atoms with E-state index < -0.39 is 0 Å². The van der Waals surface area contributed by atoms with Gasteiger partial charge in [0.1, 0.15) is 0 Å². The number of hydrogen-bond acceptors (Lipinski definition) is 4. The lowest BCUT2D eigenvalue weighted by Crippen LogP contribution is -2.31. The second kappa shape index (κ2) is 5.14. The summed E-state index contributed by atoms with van der Waals surface area (Å²) in [5.41, 5.74) is 0.172. The summed E-state index contributed by atoms with van der Waals surface area (Å²) in [6, 6.07) is 2.06. The Labute approximate surface area is 97.5 Å². The fourth-order valence-electron chi connectivity index (χ4n) is 1.05. The van der Waals surface area contributed by atoms with Crippen molar-refractivity contribution in [3.8, 4) is 5.88 Å². The number of aromatic nitrogens is 2. The van der Waals surface area contributed by atoms with Gasteiger partial charge in [0.05, 0.1) is 6.61 Å². The molecule has 0 fully saturated rings. The van der Waals surface area contributed by atoms with Crippen LogP contribution < -0.4 is 10.1 Å². The predicted molar refractivity (Wildman–Crippen MR) is 65.7 cm³/mol. The van der Waals surface area contributed by atoms with Gasteiger partial charge in [0.15, 0.2) is 0 Å². The molecule has 1 unspecified atom stereocenters. The van der Waals surface area contributed by atoms with Crippen LogP contribution in [-0.2, 0) is 0 Å². The normalized spacial score (nSPS) is 13.3. The van der Waals surface area contributed by atoms with Crippen molar-refractivity contribution in [2.45, 2.75) is 40.7 Å². The van der Waals surface area contributed by atoms with E-state index in [-0.39, 0.29) is 5.41 Å². The summed E-state index contributed by atoms with van der Waals surface area (Å²) in [7, 11) is 0. The minimum atomic E-state index is 0.172. The molecule has 0 spiro atoms. The largest absolute Gasteiger partial charge is 0.478 e. The molecule has 0 saturated heterocycles. The number of rotatable bonds is 4. The van der Waals surface area contributed by atoms with Gasteiger partial charge in [0, 0.05) is 18.3 Å². The van der Waals surface area contributed by atoms with Crippen molar-refractivity contribution >= 4 is 5.95 Å². The minimum Gasteiger partial charge on any atom is -0.478 e. The van der Waals surface area contributed by atoms with Gasteiger partial charge in [-0.05, 0) is 19.3 Å². The third-order valence-corrected chi connectivity index (χ3v) is 2.57. The van der Waals surface area contributed by atoms with Crippen molar-refractivity contribution in [3.05, 3.63) is 12.3 Å². The van der Waals surface area contributed by atoms with Crippen molar-refractivity contribution < 1.29 is 4.74 Å². The zero-order chi connectivity index (χ0) is 12.2. The van der Waals surface area contributed by atoms with Gasteiger partial charge in [-0.1, -0.05) is 20.8 Å². The maximum atomic E-state index is 5.32. The van der Waals surface area contributed by atoms with E-state index in [1.54, 1.807) is 12.3 Å². The Bertz CT molecular complexity index is 333. The van der Waals surface area contributed by atoms with Crippen LogP contribution in [-0.4, -0.2) is 22.6 Å². The highest BCUT2D eigenvalue weighted by Crippen LogP contribution is 2.21. The molecule has 1 aromatic heterocycles. The van der Waals surface area contributed by atoms with Crippen LogP contribution in [0.25, 0.3) is 0 Å². The van der Waals surface area contributed by atoms with Gasteiger partial charge in [-0.2, -0.15) is 4.98 Å². The maximum Gasteiger partial charge on any atom is 0.226 e. The van der Waals surface area contributed by atoms with Gasteiger partial charge in [-0.3, -0.25) is 0 Å². The fourth-order valence-corrected chi connectivity index (χ4v) is 1.05. The average molecular weight is 223 g/mol. The van der Waals surface area contributed by atoms with Gasteiger partial charge in [-0.25, -0.2) is 4.98 Å². The van der Waals surface area contributed by atoms with Crippen LogP contribution in [0.1, 0.15) is 34.6 Å². The van der Waals surface area contributed by atoms with Crippen LogP contribution in [0.4, 0.5) is 5.95 Å². The van der Waals surface area contributed by atoms with Crippen LogP contribution in [0.15, 0.2) is 12.3 Å². The molecular weight excluding hydrogens is 202 g/mol. The molecule has 90 valence electrons. The van der Waals surface area contributed by atoms with Gasteiger partial charge in [0.25, 0.3) is 0 Å². The molecule has 1 heterocycles. The summed E-state index contributed by atoms with van der Waals surface area (Å²) in [4.78, 5) is 8.44. The zero-order valence-corrected chi connectivity index (χ0v) is 10.7. The molecule has 16 heavy (non-hydrogen) atoms. The first-order valence-corrected chi connectivity index (χ1v) is 5.66. The lowest BCUT2D eigenvalue weighted by Gasteiger charge is -2.27. The zero-order valence-electron chi connectivity index (χ0n) is 10.7. The Morgan fingerprint density at radius 3 is 2.69 bits per heavy atom. The van der Waals surface area contributed by atoms with Crippen LogP contribution in [0, 0.1) is 5.41 Å². The first-order chi connectivity index (χ1) is 7.43. The molecule has 0 radical (unpaired) electrons. The Morgan fingerprint density at radius 1 is 1.44 bits per heavy atom. The Morgan fingerprint density at radius 2 is 2.12 bits per heavy atom. The summed E-state index contributed by atoms with van der Waals surface area (Å²) in [6.07, 6.45) is 1.70. The molecule has 0 aliphatic carbocycles. The van der Waals surface area contributed by atoms with Crippen molar-refractivity contribution in [3.63, 3.8) is 0 Å². The number of nitrogens with zero attached hydrogens (tertiary/aromatic N) is 2. The fraction of sp³-hybridized carbons (Fsp3) is 0.667. The Balaban J connectivity index is 2.70. The smallest absolute Gasteiger partial charge is 0.226 e. The number of anilines is 1. The highest BCUT2D eigenvalue weighted by Gasteiger charge is 2.20. The summed E-state index contributed by atoms with van der Waals surface area (Å²) < 4.78 is 5.32. The second-order valence-corrected chi connectivity index (χ2v) is 4.88. The molecule has 4 heteroatoms. The molecule has 0 aliphatic heterocycles. The number of hydrogen-bond donors (Lipinski definition) is 1. The van der Waals surface area contributed by atoms with E-state index in [1.807, 2.05) is 6.92 Å². The van der Waals surface area contributed by atoms with E-state index in [0.717, 1.165) is 0 Å². The summed E-state index contributed by atoms with van der Waals surface area (Å²) in [5, 5.41) is 3.28. The lowest BCUT2D eigenvalue weighted by atomic mass is 9.88. The molecule has 0 aromatic carbocycles. The van der Waals surface area contributed by atoms with Gasteiger partial charge < -0.3 is 10.1 Å². The molecule has 0 amide bonds. The Kier molecular flexibility index (Phi) is 4.10. The Hall–Kier alpha value is -1.32. The van der Waals surface area contributed by atoms with Crippen LogP contribution in [0.3, 0.4) is 0 Å².